The van der Waals surface area contributed by atoms with Crippen molar-refractivity contribution >= 4 is 17.5 Å². The van der Waals surface area contributed by atoms with Crippen LogP contribution >= 0.6 is 11.6 Å². The third-order valence-corrected chi connectivity index (χ3v) is 4.41. The van der Waals surface area contributed by atoms with E-state index in [-0.39, 0.29) is 18.6 Å². The van der Waals surface area contributed by atoms with Crippen molar-refractivity contribution in [2.24, 2.45) is 0 Å². The summed E-state index contributed by atoms with van der Waals surface area (Å²) in [6.45, 7) is 4.35. The van der Waals surface area contributed by atoms with Crippen molar-refractivity contribution in [1.29, 1.82) is 0 Å². The Kier molecular flexibility index (Phi) is 5.88. The molecule has 0 aliphatic carbocycles. The smallest absolute Gasteiger partial charge is 0.251 e. The first kappa shape index (κ1) is 19.1. The van der Waals surface area contributed by atoms with E-state index in [0.717, 1.165) is 23.4 Å². The summed E-state index contributed by atoms with van der Waals surface area (Å²) in [5.74, 6) is -0.254. The average molecular weight is 385 g/mol. The molecule has 3 rings (SSSR count). The van der Waals surface area contributed by atoms with Crippen molar-refractivity contribution < 1.29 is 9.90 Å². The first-order valence-corrected chi connectivity index (χ1v) is 9.10. The van der Waals surface area contributed by atoms with Gasteiger partial charge in [-0.2, -0.15) is 5.10 Å². The monoisotopic (exact) mass is 384 g/mol. The van der Waals surface area contributed by atoms with Gasteiger partial charge in [-0.1, -0.05) is 11.6 Å². The van der Waals surface area contributed by atoms with E-state index in [2.05, 4.69) is 15.4 Å². The minimum Gasteiger partial charge on any atom is -0.394 e. The molecule has 7 heteroatoms. The summed E-state index contributed by atoms with van der Waals surface area (Å²) in [5.41, 5.74) is 3.79. The fraction of sp³-hybridized carbons (Fsp3) is 0.250. The lowest BCUT2D eigenvalue weighted by Crippen LogP contribution is -2.35. The molecule has 2 aromatic heterocycles. The quantitative estimate of drug-likeness (QED) is 0.682. The zero-order valence-corrected chi connectivity index (χ0v) is 15.9. The van der Waals surface area contributed by atoms with Crippen molar-refractivity contribution in [3.8, 4) is 22.5 Å². The molecule has 6 nitrogen and oxygen atoms in total. The number of aliphatic hydroxyl groups excluding tert-OH is 1. The standard InChI is InChI=1S/C20H21ClN4O2/c1-3-25-19(6-7-23-25)15-8-14(18-5-4-17(21)11-22-18)9-16(10-15)20(27)24-13(2)12-26/h4-11,13,26H,3,12H2,1-2H3,(H,24,27)/t13-/m0/s1. The van der Waals surface area contributed by atoms with Gasteiger partial charge in [0.15, 0.2) is 0 Å². The highest BCUT2D eigenvalue weighted by Crippen LogP contribution is 2.28. The second kappa shape index (κ2) is 8.33. The molecule has 0 spiro atoms. The highest BCUT2D eigenvalue weighted by atomic mass is 35.5. The van der Waals surface area contributed by atoms with Gasteiger partial charge in [-0.05, 0) is 50.2 Å². The molecule has 0 aliphatic rings. The van der Waals surface area contributed by atoms with Crippen molar-refractivity contribution in [1.82, 2.24) is 20.1 Å². The largest absolute Gasteiger partial charge is 0.394 e. The van der Waals surface area contributed by atoms with E-state index in [1.807, 2.05) is 35.9 Å². The number of benzene rings is 1. The van der Waals surface area contributed by atoms with E-state index >= 15 is 0 Å². The predicted molar refractivity (Wildman–Crippen MR) is 106 cm³/mol. The molecule has 0 radical (unpaired) electrons. The lowest BCUT2D eigenvalue weighted by Gasteiger charge is -2.14. The minimum absolute atomic E-state index is 0.125. The van der Waals surface area contributed by atoms with Crippen molar-refractivity contribution in [2.75, 3.05) is 6.61 Å². The van der Waals surface area contributed by atoms with E-state index in [1.54, 1.807) is 31.5 Å². The number of pyridine rings is 1. The summed E-state index contributed by atoms with van der Waals surface area (Å²) < 4.78 is 1.87. The van der Waals surface area contributed by atoms with E-state index in [4.69, 9.17) is 11.6 Å². The lowest BCUT2D eigenvalue weighted by atomic mass is 10.0. The molecule has 0 aliphatic heterocycles. The molecule has 1 aromatic carbocycles. The summed E-state index contributed by atoms with van der Waals surface area (Å²) in [6, 6.07) is 10.7. The van der Waals surface area contributed by atoms with Crippen LogP contribution in [-0.2, 0) is 6.54 Å². The summed E-state index contributed by atoms with van der Waals surface area (Å²) in [5, 5.41) is 16.9. The SMILES string of the molecule is CCn1nccc1-c1cc(C(=O)N[C@@H](C)CO)cc(-c2ccc(Cl)cn2)c1. The Balaban J connectivity index is 2.10. The molecule has 0 unspecified atom stereocenters. The molecule has 2 N–H and O–H groups in total. The molecule has 0 saturated carbocycles. The summed E-state index contributed by atoms with van der Waals surface area (Å²) >= 11 is 5.94. The third-order valence-electron chi connectivity index (χ3n) is 4.18. The molecule has 0 bridgehead atoms. The summed E-state index contributed by atoms with van der Waals surface area (Å²) in [6.07, 6.45) is 3.31. The van der Waals surface area contributed by atoms with E-state index < -0.39 is 0 Å². The molecule has 27 heavy (non-hydrogen) atoms. The average Bonchev–Trinajstić information content (AvgIpc) is 3.17. The number of hydrogen-bond donors (Lipinski definition) is 2. The van der Waals surface area contributed by atoms with Crippen LogP contribution in [0.25, 0.3) is 22.5 Å². The Morgan fingerprint density at radius 3 is 2.70 bits per heavy atom. The number of carbonyl (C=O) groups excluding carboxylic acids is 1. The van der Waals surface area contributed by atoms with Gasteiger partial charge in [-0.25, -0.2) is 0 Å². The van der Waals surface area contributed by atoms with Gasteiger partial charge in [-0.3, -0.25) is 14.5 Å². The van der Waals surface area contributed by atoms with Gasteiger partial charge in [0.05, 0.1) is 23.0 Å². The van der Waals surface area contributed by atoms with Gasteiger partial charge >= 0.3 is 0 Å². The highest BCUT2D eigenvalue weighted by Gasteiger charge is 2.15. The Morgan fingerprint density at radius 1 is 1.26 bits per heavy atom. The fourth-order valence-corrected chi connectivity index (χ4v) is 2.90. The molecular weight excluding hydrogens is 364 g/mol. The topological polar surface area (TPSA) is 80.0 Å². The summed E-state index contributed by atoms with van der Waals surface area (Å²) in [7, 11) is 0. The van der Waals surface area contributed by atoms with Gasteiger partial charge < -0.3 is 10.4 Å². The first-order valence-electron chi connectivity index (χ1n) is 8.72. The number of amides is 1. The van der Waals surface area contributed by atoms with Crippen LogP contribution in [0.3, 0.4) is 0 Å². The molecule has 2 heterocycles. The number of carbonyl (C=O) groups is 1. The second-order valence-electron chi connectivity index (χ2n) is 6.25. The number of halogens is 1. The molecule has 140 valence electrons. The molecule has 0 saturated heterocycles. The Labute approximate surface area is 162 Å². The Bertz CT molecular complexity index is 937. The van der Waals surface area contributed by atoms with Gasteiger partial charge in [-0.15, -0.1) is 0 Å². The van der Waals surface area contributed by atoms with Crippen molar-refractivity contribution in [2.45, 2.75) is 26.4 Å². The van der Waals surface area contributed by atoms with Crippen molar-refractivity contribution in [3.05, 3.63) is 59.4 Å². The Morgan fingerprint density at radius 2 is 2.04 bits per heavy atom. The number of hydrogen-bond acceptors (Lipinski definition) is 4. The van der Waals surface area contributed by atoms with Gasteiger partial charge in [0.2, 0.25) is 0 Å². The molecule has 3 aromatic rings. The fourth-order valence-electron chi connectivity index (χ4n) is 2.78. The maximum atomic E-state index is 12.6. The van der Waals surface area contributed by atoms with Gasteiger partial charge in [0, 0.05) is 41.7 Å². The number of nitrogens with zero attached hydrogens (tertiary/aromatic N) is 3. The van der Waals surface area contributed by atoms with Crippen LogP contribution in [0.5, 0.6) is 0 Å². The molecule has 0 fully saturated rings. The van der Waals surface area contributed by atoms with Crippen LogP contribution in [0, 0.1) is 0 Å². The second-order valence-corrected chi connectivity index (χ2v) is 6.69. The number of rotatable bonds is 6. The Hall–Kier alpha value is -2.70. The maximum Gasteiger partial charge on any atom is 0.251 e. The summed E-state index contributed by atoms with van der Waals surface area (Å²) in [4.78, 5) is 17.0. The van der Waals surface area contributed by atoms with Gasteiger partial charge in [0.25, 0.3) is 5.91 Å². The number of aliphatic hydroxyl groups is 1. The maximum absolute atomic E-state index is 12.6. The van der Waals surface area contributed by atoms with Crippen LogP contribution in [0.15, 0.2) is 48.8 Å². The van der Waals surface area contributed by atoms with Crippen LogP contribution < -0.4 is 5.32 Å². The van der Waals surface area contributed by atoms with Crippen LogP contribution in [0.1, 0.15) is 24.2 Å². The number of nitrogens with one attached hydrogen (secondary N) is 1. The normalized spacial score (nSPS) is 12.0. The predicted octanol–water partition coefficient (Wildman–Crippen LogP) is 3.40. The van der Waals surface area contributed by atoms with Crippen LogP contribution in [-0.4, -0.2) is 38.4 Å². The van der Waals surface area contributed by atoms with E-state index in [0.29, 0.717) is 16.3 Å². The molecule has 1 amide bonds. The zero-order valence-electron chi connectivity index (χ0n) is 15.2. The number of aryl methyl sites for hydroxylation is 1. The minimum atomic E-state index is -0.334. The molecular formula is C20H21ClN4O2. The van der Waals surface area contributed by atoms with Crippen LogP contribution in [0.2, 0.25) is 5.02 Å². The zero-order chi connectivity index (χ0) is 19.4. The lowest BCUT2D eigenvalue weighted by molar-refractivity contribution is 0.0922. The van der Waals surface area contributed by atoms with E-state index in [9.17, 15) is 9.90 Å². The highest BCUT2D eigenvalue weighted by molar-refractivity contribution is 6.30. The first-order chi connectivity index (χ1) is 13.0. The van der Waals surface area contributed by atoms with E-state index in [1.165, 1.54) is 0 Å². The van der Waals surface area contributed by atoms with Gasteiger partial charge in [0.1, 0.15) is 0 Å². The number of aromatic nitrogens is 3. The van der Waals surface area contributed by atoms with Crippen molar-refractivity contribution in [3.63, 3.8) is 0 Å². The molecule has 1 atom stereocenters. The third kappa shape index (κ3) is 4.35. The van der Waals surface area contributed by atoms with Crippen LogP contribution in [0.4, 0.5) is 0 Å².